The number of methoxy groups -OCH3 is 1. The van der Waals surface area contributed by atoms with Crippen LogP contribution in [0.1, 0.15) is 23.3 Å². The second-order valence-electron chi connectivity index (χ2n) is 4.39. The Kier molecular flexibility index (Phi) is 4.46. The lowest BCUT2D eigenvalue weighted by molar-refractivity contribution is 0.0593. The van der Waals surface area contributed by atoms with E-state index in [1.165, 1.54) is 20.0 Å². The second kappa shape index (κ2) is 6.30. The van der Waals surface area contributed by atoms with Crippen LogP contribution in [0.25, 0.3) is 0 Å². The summed E-state index contributed by atoms with van der Waals surface area (Å²) in [7, 11) is 1.33. The normalized spacial score (nSPS) is 19.3. The van der Waals surface area contributed by atoms with Crippen LogP contribution < -0.4 is 10.6 Å². The molecule has 0 aromatic carbocycles. The number of carbonyl (C=O) groups excluding carboxylic acids is 1. The first-order valence-electron chi connectivity index (χ1n) is 6.16. The molecule has 1 atom stereocenters. The Bertz CT molecular complexity index is 388. The Morgan fingerprint density at radius 1 is 1.56 bits per heavy atom. The van der Waals surface area contributed by atoms with Crippen LogP contribution in [-0.2, 0) is 4.74 Å². The molecule has 1 aliphatic rings. The summed E-state index contributed by atoms with van der Waals surface area (Å²) in [6, 6.07) is 3.36. The maximum atomic E-state index is 11.2. The van der Waals surface area contributed by atoms with Crippen LogP contribution in [0.4, 0.5) is 5.82 Å². The van der Waals surface area contributed by atoms with E-state index in [1.807, 2.05) is 0 Å². The van der Waals surface area contributed by atoms with Crippen molar-refractivity contribution < 1.29 is 9.53 Å². The zero-order chi connectivity index (χ0) is 12.8. The Morgan fingerprint density at radius 3 is 3.06 bits per heavy atom. The fourth-order valence-corrected chi connectivity index (χ4v) is 1.99. The SMILES string of the molecule is COC(=O)c1ccc(NCC2CCCNC2)nn1. The maximum absolute atomic E-state index is 11.2. The number of nitrogens with zero attached hydrogens (tertiary/aromatic N) is 2. The van der Waals surface area contributed by atoms with Crippen molar-refractivity contribution in [2.75, 3.05) is 32.1 Å². The van der Waals surface area contributed by atoms with Crippen LogP contribution in [0, 0.1) is 5.92 Å². The summed E-state index contributed by atoms with van der Waals surface area (Å²) in [6.07, 6.45) is 2.45. The molecule has 0 saturated carbocycles. The maximum Gasteiger partial charge on any atom is 0.358 e. The lowest BCUT2D eigenvalue weighted by atomic mass is 10.00. The molecule has 1 aliphatic heterocycles. The monoisotopic (exact) mass is 250 g/mol. The minimum absolute atomic E-state index is 0.224. The fraction of sp³-hybridized carbons (Fsp3) is 0.583. The fourth-order valence-electron chi connectivity index (χ4n) is 1.99. The van der Waals surface area contributed by atoms with Gasteiger partial charge in [0.15, 0.2) is 5.69 Å². The summed E-state index contributed by atoms with van der Waals surface area (Å²) < 4.78 is 4.56. The van der Waals surface area contributed by atoms with Crippen molar-refractivity contribution in [2.24, 2.45) is 5.92 Å². The molecule has 1 saturated heterocycles. The minimum atomic E-state index is -0.467. The number of hydrogen-bond donors (Lipinski definition) is 2. The van der Waals surface area contributed by atoms with Crippen LogP contribution >= 0.6 is 0 Å². The summed E-state index contributed by atoms with van der Waals surface area (Å²) in [5.74, 6) is 0.847. The predicted molar refractivity (Wildman–Crippen MR) is 67.5 cm³/mol. The number of piperidine rings is 1. The molecule has 6 heteroatoms. The van der Waals surface area contributed by atoms with E-state index < -0.39 is 5.97 Å². The molecule has 0 amide bonds. The average Bonchev–Trinajstić information content (AvgIpc) is 2.46. The van der Waals surface area contributed by atoms with Gasteiger partial charge in [0.05, 0.1) is 7.11 Å². The van der Waals surface area contributed by atoms with Gasteiger partial charge in [-0.2, -0.15) is 0 Å². The van der Waals surface area contributed by atoms with Crippen LogP contribution in [0.3, 0.4) is 0 Å². The number of aromatic nitrogens is 2. The quantitative estimate of drug-likeness (QED) is 0.765. The van der Waals surface area contributed by atoms with Crippen molar-refractivity contribution in [2.45, 2.75) is 12.8 Å². The van der Waals surface area contributed by atoms with Gasteiger partial charge < -0.3 is 15.4 Å². The molecule has 0 spiro atoms. The third kappa shape index (κ3) is 3.40. The predicted octanol–water partition coefficient (Wildman–Crippen LogP) is 0.675. The first-order chi connectivity index (χ1) is 8.79. The van der Waals surface area contributed by atoms with Crippen molar-refractivity contribution in [3.8, 4) is 0 Å². The molecule has 18 heavy (non-hydrogen) atoms. The summed E-state index contributed by atoms with van der Waals surface area (Å²) in [4.78, 5) is 11.2. The van der Waals surface area contributed by atoms with Crippen molar-refractivity contribution in [1.82, 2.24) is 15.5 Å². The van der Waals surface area contributed by atoms with Gasteiger partial charge in [-0.1, -0.05) is 0 Å². The standard InChI is InChI=1S/C12H18N4O2/c1-18-12(17)10-4-5-11(16-15-10)14-8-9-3-2-6-13-7-9/h4-5,9,13H,2-3,6-8H2,1H3,(H,14,16). The van der Waals surface area contributed by atoms with Gasteiger partial charge in [0.1, 0.15) is 5.82 Å². The summed E-state index contributed by atoms with van der Waals surface area (Å²) in [5.41, 5.74) is 0.224. The van der Waals surface area contributed by atoms with E-state index >= 15 is 0 Å². The third-order valence-electron chi connectivity index (χ3n) is 3.03. The third-order valence-corrected chi connectivity index (χ3v) is 3.03. The molecule has 1 fully saturated rings. The van der Waals surface area contributed by atoms with Crippen molar-refractivity contribution in [3.05, 3.63) is 17.8 Å². The highest BCUT2D eigenvalue weighted by atomic mass is 16.5. The van der Waals surface area contributed by atoms with E-state index in [-0.39, 0.29) is 5.69 Å². The van der Waals surface area contributed by atoms with Gasteiger partial charge in [-0.3, -0.25) is 0 Å². The van der Waals surface area contributed by atoms with Gasteiger partial charge in [0.25, 0.3) is 0 Å². The summed E-state index contributed by atoms with van der Waals surface area (Å²) >= 11 is 0. The number of ether oxygens (including phenoxy) is 1. The van der Waals surface area contributed by atoms with Crippen LogP contribution in [-0.4, -0.2) is 42.9 Å². The number of nitrogens with one attached hydrogen (secondary N) is 2. The van der Waals surface area contributed by atoms with Crippen molar-refractivity contribution >= 4 is 11.8 Å². The van der Waals surface area contributed by atoms with E-state index in [0.29, 0.717) is 11.7 Å². The lowest BCUT2D eigenvalue weighted by Gasteiger charge is -2.22. The molecule has 0 aliphatic carbocycles. The molecule has 2 heterocycles. The van der Waals surface area contributed by atoms with Crippen molar-refractivity contribution in [3.63, 3.8) is 0 Å². The summed E-state index contributed by atoms with van der Waals surface area (Å²) in [6.45, 7) is 3.03. The highest BCUT2D eigenvalue weighted by Gasteiger charge is 2.13. The number of esters is 1. The summed E-state index contributed by atoms with van der Waals surface area (Å²) in [5, 5.41) is 14.4. The van der Waals surface area contributed by atoms with Crippen LogP contribution in [0.15, 0.2) is 12.1 Å². The van der Waals surface area contributed by atoms with Gasteiger partial charge in [0, 0.05) is 6.54 Å². The number of carbonyl (C=O) groups is 1. The smallest absolute Gasteiger partial charge is 0.358 e. The minimum Gasteiger partial charge on any atom is -0.464 e. The van der Waals surface area contributed by atoms with Gasteiger partial charge in [-0.25, -0.2) is 4.79 Å². The Balaban J connectivity index is 1.84. The molecule has 1 aromatic heterocycles. The van der Waals surface area contributed by atoms with Crippen molar-refractivity contribution in [1.29, 1.82) is 0 Å². The van der Waals surface area contributed by atoms with E-state index in [9.17, 15) is 4.79 Å². The molecule has 0 radical (unpaired) electrons. The Morgan fingerprint density at radius 2 is 2.44 bits per heavy atom. The first kappa shape index (κ1) is 12.8. The van der Waals surface area contributed by atoms with Crippen LogP contribution in [0.2, 0.25) is 0 Å². The van der Waals surface area contributed by atoms with Gasteiger partial charge in [0.2, 0.25) is 0 Å². The van der Waals surface area contributed by atoms with E-state index in [0.717, 1.165) is 19.6 Å². The molecular weight excluding hydrogens is 232 g/mol. The average molecular weight is 250 g/mol. The molecule has 98 valence electrons. The van der Waals surface area contributed by atoms with Gasteiger partial charge in [-0.05, 0) is 44.0 Å². The molecule has 2 rings (SSSR count). The molecular formula is C12H18N4O2. The topological polar surface area (TPSA) is 76.1 Å². The number of rotatable bonds is 4. The molecule has 2 N–H and O–H groups in total. The highest BCUT2D eigenvalue weighted by Crippen LogP contribution is 2.11. The Labute approximate surface area is 106 Å². The Hall–Kier alpha value is -1.69. The van der Waals surface area contributed by atoms with E-state index in [4.69, 9.17) is 0 Å². The van der Waals surface area contributed by atoms with E-state index in [2.05, 4.69) is 25.6 Å². The highest BCUT2D eigenvalue weighted by molar-refractivity contribution is 5.86. The van der Waals surface area contributed by atoms with Crippen LogP contribution in [0.5, 0.6) is 0 Å². The zero-order valence-corrected chi connectivity index (χ0v) is 10.5. The number of anilines is 1. The first-order valence-corrected chi connectivity index (χ1v) is 6.16. The van der Waals surface area contributed by atoms with Gasteiger partial charge >= 0.3 is 5.97 Å². The van der Waals surface area contributed by atoms with Gasteiger partial charge in [-0.15, -0.1) is 10.2 Å². The molecule has 6 nitrogen and oxygen atoms in total. The largest absolute Gasteiger partial charge is 0.464 e. The second-order valence-corrected chi connectivity index (χ2v) is 4.39. The molecule has 1 unspecified atom stereocenters. The molecule has 1 aromatic rings. The lowest BCUT2D eigenvalue weighted by Crippen LogP contribution is -2.33. The van der Waals surface area contributed by atoms with E-state index in [1.54, 1.807) is 12.1 Å². The molecule has 0 bridgehead atoms. The zero-order valence-electron chi connectivity index (χ0n) is 10.5. The number of hydrogen-bond acceptors (Lipinski definition) is 6.